The molecule has 0 aliphatic rings. The molecule has 39 heavy (non-hydrogen) atoms. The van der Waals surface area contributed by atoms with Crippen molar-refractivity contribution in [2.45, 2.75) is 19.8 Å². The molecule has 0 saturated heterocycles. The van der Waals surface area contributed by atoms with Gasteiger partial charge < -0.3 is 14.8 Å². The van der Waals surface area contributed by atoms with Gasteiger partial charge in [0.15, 0.2) is 0 Å². The summed E-state index contributed by atoms with van der Waals surface area (Å²) in [6.07, 6.45) is 3.35. The highest BCUT2D eigenvalue weighted by Gasteiger charge is 2.19. The van der Waals surface area contributed by atoms with Crippen molar-refractivity contribution < 1.29 is 23.9 Å². The fourth-order valence-corrected chi connectivity index (χ4v) is 4.87. The average molecular weight is 564 g/mol. The number of amides is 2. The number of esters is 1. The summed E-state index contributed by atoms with van der Waals surface area (Å²) in [4.78, 5) is 37.6. The molecule has 4 aromatic rings. The number of benzene rings is 3. The molecule has 0 bridgehead atoms. The Morgan fingerprint density at radius 2 is 1.74 bits per heavy atom. The number of nitrogens with zero attached hydrogens (tertiary/aromatic N) is 1. The van der Waals surface area contributed by atoms with Gasteiger partial charge >= 0.3 is 5.97 Å². The summed E-state index contributed by atoms with van der Waals surface area (Å²) >= 11 is 7.65. The first kappa shape index (κ1) is 27.8. The monoisotopic (exact) mass is 563 g/mol. The summed E-state index contributed by atoms with van der Waals surface area (Å²) in [6.45, 7) is 2.43. The Balaban J connectivity index is 1.29. The van der Waals surface area contributed by atoms with Gasteiger partial charge in [-0.2, -0.15) is 5.10 Å². The largest absolute Gasteiger partial charge is 0.494 e. The predicted octanol–water partition coefficient (Wildman–Crippen LogP) is 5.83. The lowest BCUT2D eigenvalue weighted by Gasteiger charge is -2.08. The Morgan fingerprint density at radius 3 is 2.51 bits per heavy atom. The number of hydrogen-bond donors (Lipinski definition) is 2. The summed E-state index contributed by atoms with van der Waals surface area (Å²) in [6, 6.07) is 20.9. The summed E-state index contributed by atoms with van der Waals surface area (Å²) in [5.74, 6) is -0.569. The second kappa shape index (κ2) is 13.5. The van der Waals surface area contributed by atoms with Crippen molar-refractivity contribution in [2.75, 3.05) is 13.2 Å². The number of carbonyl (C=O) groups is 3. The van der Waals surface area contributed by atoms with E-state index in [2.05, 4.69) is 22.8 Å². The number of halogens is 1. The molecule has 0 atom stereocenters. The molecule has 4 rings (SSSR count). The Kier molecular flexibility index (Phi) is 9.66. The van der Waals surface area contributed by atoms with Gasteiger partial charge in [0.1, 0.15) is 16.4 Å². The quantitative estimate of drug-likeness (QED) is 0.0784. The number of unbranched alkanes of at least 4 members (excludes halogenated alkanes) is 1. The molecule has 0 aliphatic carbocycles. The first-order valence-electron chi connectivity index (χ1n) is 12.3. The summed E-state index contributed by atoms with van der Waals surface area (Å²) in [5.41, 5.74) is 3.22. The number of nitrogens with one attached hydrogen (secondary N) is 2. The van der Waals surface area contributed by atoms with Crippen molar-refractivity contribution in [1.29, 1.82) is 0 Å². The minimum atomic E-state index is -0.589. The molecule has 1 aromatic heterocycles. The van der Waals surface area contributed by atoms with Crippen LogP contribution in [0.4, 0.5) is 0 Å². The van der Waals surface area contributed by atoms with E-state index < -0.39 is 17.8 Å². The highest BCUT2D eigenvalue weighted by molar-refractivity contribution is 7.21. The van der Waals surface area contributed by atoms with E-state index in [9.17, 15) is 14.4 Å². The van der Waals surface area contributed by atoms with Gasteiger partial charge in [-0.25, -0.2) is 10.2 Å². The number of hydrazone groups is 1. The maximum absolute atomic E-state index is 12.8. The molecule has 8 nitrogen and oxygen atoms in total. The molecule has 0 spiro atoms. The number of fused-ring (bicyclic) bond motifs is 1. The van der Waals surface area contributed by atoms with Gasteiger partial charge in [-0.3, -0.25) is 9.59 Å². The Morgan fingerprint density at radius 1 is 1.00 bits per heavy atom. The summed E-state index contributed by atoms with van der Waals surface area (Å²) < 4.78 is 12.0. The first-order valence-corrected chi connectivity index (χ1v) is 13.5. The van der Waals surface area contributed by atoms with Crippen LogP contribution in [0.5, 0.6) is 11.5 Å². The van der Waals surface area contributed by atoms with E-state index >= 15 is 0 Å². The minimum absolute atomic E-state index is 0.254. The van der Waals surface area contributed by atoms with E-state index in [1.165, 1.54) is 17.6 Å². The van der Waals surface area contributed by atoms with Crippen LogP contribution in [0, 0.1) is 0 Å². The van der Waals surface area contributed by atoms with Crippen molar-refractivity contribution in [3.8, 4) is 11.5 Å². The first-order chi connectivity index (χ1) is 19.0. The van der Waals surface area contributed by atoms with Gasteiger partial charge in [0.2, 0.25) is 0 Å². The molecule has 1 heterocycles. The number of rotatable bonds is 11. The van der Waals surface area contributed by atoms with Crippen molar-refractivity contribution in [3.63, 3.8) is 0 Å². The zero-order chi connectivity index (χ0) is 27.6. The topological polar surface area (TPSA) is 106 Å². The molecular formula is C29H26ClN3O5S. The third-order valence-corrected chi connectivity index (χ3v) is 7.18. The molecular weight excluding hydrogens is 538 g/mol. The molecule has 0 radical (unpaired) electrons. The third-order valence-electron chi connectivity index (χ3n) is 5.53. The molecule has 0 saturated carbocycles. The third kappa shape index (κ3) is 7.43. The van der Waals surface area contributed by atoms with E-state index in [1.54, 1.807) is 48.5 Å². The Bertz CT molecular complexity index is 1500. The average Bonchev–Trinajstić information content (AvgIpc) is 3.29. The maximum atomic E-state index is 12.8. The van der Waals surface area contributed by atoms with Crippen LogP contribution >= 0.6 is 22.9 Å². The zero-order valence-corrected chi connectivity index (χ0v) is 22.7. The predicted molar refractivity (Wildman–Crippen MR) is 153 cm³/mol. The van der Waals surface area contributed by atoms with Crippen molar-refractivity contribution in [1.82, 2.24) is 10.7 Å². The number of hydrogen-bond acceptors (Lipinski definition) is 7. The molecule has 200 valence electrons. The minimum Gasteiger partial charge on any atom is -0.494 e. The van der Waals surface area contributed by atoms with E-state index in [4.69, 9.17) is 21.1 Å². The molecule has 3 aromatic carbocycles. The normalized spacial score (nSPS) is 10.9. The van der Waals surface area contributed by atoms with Crippen LogP contribution in [0.2, 0.25) is 5.02 Å². The Hall–Kier alpha value is -4.21. The molecule has 0 unspecified atom stereocenters. The highest BCUT2D eigenvalue weighted by Crippen LogP contribution is 2.36. The van der Waals surface area contributed by atoms with E-state index in [0.29, 0.717) is 33.4 Å². The molecule has 10 heteroatoms. The summed E-state index contributed by atoms with van der Waals surface area (Å²) in [5, 5.41) is 7.60. The van der Waals surface area contributed by atoms with Crippen LogP contribution in [-0.4, -0.2) is 37.1 Å². The number of carbonyl (C=O) groups excluding carboxylic acids is 3. The van der Waals surface area contributed by atoms with Gasteiger partial charge in [-0.05, 0) is 48.9 Å². The lowest BCUT2D eigenvalue weighted by atomic mass is 10.2. The molecule has 2 N–H and O–H groups in total. The zero-order valence-electron chi connectivity index (χ0n) is 21.1. The Labute approximate surface area is 234 Å². The van der Waals surface area contributed by atoms with Crippen molar-refractivity contribution in [3.05, 3.63) is 93.8 Å². The summed E-state index contributed by atoms with van der Waals surface area (Å²) in [7, 11) is 0. The van der Waals surface area contributed by atoms with E-state index in [0.717, 1.165) is 22.9 Å². The number of para-hydroxylation sites is 1. The van der Waals surface area contributed by atoms with Crippen LogP contribution in [0.1, 0.15) is 45.4 Å². The SMILES string of the molecule is CCCCOc1ccc(C(=O)NCC(=O)N/N=C\c2ccccc2OC(=O)c2sc3ccccc3c2Cl)cc1. The number of thiophene rings is 1. The van der Waals surface area contributed by atoms with E-state index in [1.807, 2.05) is 24.3 Å². The van der Waals surface area contributed by atoms with Crippen molar-refractivity contribution in [2.24, 2.45) is 5.10 Å². The lowest BCUT2D eigenvalue weighted by molar-refractivity contribution is -0.120. The van der Waals surface area contributed by atoms with Crippen LogP contribution in [0.3, 0.4) is 0 Å². The molecule has 0 aliphatic heterocycles. The molecule has 2 amide bonds. The highest BCUT2D eigenvalue weighted by atomic mass is 35.5. The molecule has 0 fully saturated rings. The van der Waals surface area contributed by atoms with Crippen LogP contribution in [0.25, 0.3) is 10.1 Å². The maximum Gasteiger partial charge on any atom is 0.355 e. The van der Waals surface area contributed by atoms with Gasteiger partial charge in [0.25, 0.3) is 11.8 Å². The lowest BCUT2D eigenvalue weighted by Crippen LogP contribution is -2.34. The number of ether oxygens (including phenoxy) is 2. The van der Waals surface area contributed by atoms with Crippen LogP contribution < -0.4 is 20.2 Å². The van der Waals surface area contributed by atoms with Crippen molar-refractivity contribution >= 4 is 57.0 Å². The van der Waals surface area contributed by atoms with Gasteiger partial charge in [0, 0.05) is 21.2 Å². The van der Waals surface area contributed by atoms with Gasteiger partial charge in [-0.15, -0.1) is 11.3 Å². The van der Waals surface area contributed by atoms with Crippen LogP contribution in [0.15, 0.2) is 77.9 Å². The smallest absolute Gasteiger partial charge is 0.355 e. The van der Waals surface area contributed by atoms with Gasteiger partial charge in [0.05, 0.1) is 24.4 Å². The van der Waals surface area contributed by atoms with Gasteiger partial charge in [-0.1, -0.05) is 55.3 Å². The second-order valence-electron chi connectivity index (χ2n) is 8.37. The fraction of sp³-hybridized carbons (Fsp3) is 0.172. The fourth-order valence-electron chi connectivity index (χ4n) is 3.48. The standard InChI is InChI=1S/C29H26ClN3O5S/c1-2-3-16-37-21-14-12-19(13-15-21)28(35)31-18-25(34)33-32-17-20-8-4-6-10-23(20)38-29(36)27-26(30)22-9-5-7-11-24(22)39-27/h4-15,17H,2-3,16,18H2,1H3,(H,31,35)(H,33,34)/b32-17-. The second-order valence-corrected chi connectivity index (χ2v) is 9.80. The van der Waals surface area contributed by atoms with Crippen LogP contribution in [-0.2, 0) is 4.79 Å². The van der Waals surface area contributed by atoms with E-state index in [-0.39, 0.29) is 12.3 Å².